The number of amides is 1. The first-order valence-corrected chi connectivity index (χ1v) is 10.5. The van der Waals surface area contributed by atoms with Crippen molar-refractivity contribution < 1.29 is 44.3 Å². The predicted octanol–water partition coefficient (Wildman–Crippen LogP) is 7.35. The molecule has 35 heavy (non-hydrogen) atoms. The maximum absolute atomic E-state index is 13.4. The number of fused-ring (bicyclic) bond motifs is 1. The normalized spacial score (nSPS) is 16.8. The Labute approximate surface area is 194 Å². The maximum atomic E-state index is 13.4. The van der Waals surface area contributed by atoms with Crippen LogP contribution in [0.3, 0.4) is 0 Å². The fourth-order valence-electron chi connectivity index (χ4n) is 4.21. The lowest BCUT2D eigenvalue weighted by Crippen LogP contribution is -2.33. The minimum Gasteiger partial charge on any atom is -0.385 e. The molecule has 3 nitrogen and oxygen atoms in total. The molecule has 0 aromatic heterocycles. The summed E-state index contributed by atoms with van der Waals surface area (Å²) in [5.74, 6) is -0.647. The Hall–Kier alpha value is -2.92. The third-order valence-electron chi connectivity index (χ3n) is 5.81. The van der Waals surface area contributed by atoms with E-state index in [-0.39, 0.29) is 30.3 Å². The predicted molar refractivity (Wildman–Crippen MR) is 109 cm³/mol. The van der Waals surface area contributed by atoms with Crippen LogP contribution in [0.5, 0.6) is 0 Å². The van der Waals surface area contributed by atoms with E-state index in [4.69, 9.17) is 0 Å². The van der Waals surface area contributed by atoms with E-state index in [1.807, 2.05) is 0 Å². The van der Waals surface area contributed by atoms with Crippen LogP contribution >= 0.6 is 0 Å². The molecule has 192 valence electrons. The minimum atomic E-state index is -5.05. The zero-order valence-electron chi connectivity index (χ0n) is 18.5. The van der Waals surface area contributed by atoms with Crippen molar-refractivity contribution >= 4 is 11.6 Å². The largest absolute Gasteiger partial charge is 0.416 e. The SMILES string of the molecule is CC(=O)N(Cc1cc(C(F)(F)F)cc(C(F)(F)F)c1)C1CCCNc2cc(C(F)(F)F)c(C)cc21. The lowest BCUT2D eigenvalue weighted by molar-refractivity contribution is -0.143. The van der Waals surface area contributed by atoms with Gasteiger partial charge in [-0.3, -0.25) is 4.79 Å². The number of rotatable bonds is 3. The van der Waals surface area contributed by atoms with Crippen molar-refractivity contribution in [1.82, 2.24) is 4.90 Å². The van der Waals surface area contributed by atoms with E-state index in [1.54, 1.807) is 0 Å². The summed E-state index contributed by atoms with van der Waals surface area (Å²) < 4.78 is 120. The third kappa shape index (κ3) is 6.02. The Kier molecular flexibility index (Phi) is 7.07. The first-order valence-electron chi connectivity index (χ1n) is 10.5. The van der Waals surface area contributed by atoms with Crippen LogP contribution in [0.4, 0.5) is 45.2 Å². The van der Waals surface area contributed by atoms with Crippen molar-refractivity contribution in [3.05, 3.63) is 63.7 Å². The van der Waals surface area contributed by atoms with Gasteiger partial charge in [0.25, 0.3) is 0 Å². The Bertz CT molecular complexity index is 1070. The van der Waals surface area contributed by atoms with Crippen LogP contribution in [0.2, 0.25) is 0 Å². The number of hydrogen-bond acceptors (Lipinski definition) is 2. The molecule has 1 N–H and O–H groups in total. The Balaban J connectivity index is 2.09. The molecule has 12 heteroatoms. The van der Waals surface area contributed by atoms with E-state index >= 15 is 0 Å². The molecule has 1 unspecified atom stereocenters. The molecule has 1 atom stereocenters. The van der Waals surface area contributed by atoms with Crippen LogP contribution in [0, 0.1) is 6.92 Å². The van der Waals surface area contributed by atoms with Crippen LogP contribution < -0.4 is 5.32 Å². The zero-order chi connectivity index (χ0) is 26.3. The zero-order valence-corrected chi connectivity index (χ0v) is 18.5. The summed E-state index contributed by atoms with van der Waals surface area (Å²) in [6.45, 7) is 2.03. The minimum absolute atomic E-state index is 0.00545. The molecule has 0 saturated heterocycles. The van der Waals surface area contributed by atoms with Gasteiger partial charge in [-0.15, -0.1) is 0 Å². The van der Waals surface area contributed by atoms with Crippen molar-refractivity contribution in [2.24, 2.45) is 0 Å². The van der Waals surface area contributed by atoms with Crippen LogP contribution in [0.25, 0.3) is 0 Å². The summed E-state index contributed by atoms with van der Waals surface area (Å²) in [5.41, 5.74) is -4.01. The van der Waals surface area contributed by atoms with Crippen molar-refractivity contribution in [2.75, 3.05) is 11.9 Å². The highest BCUT2D eigenvalue weighted by Gasteiger charge is 2.38. The van der Waals surface area contributed by atoms with E-state index < -0.39 is 59.3 Å². The van der Waals surface area contributed by atoms with E-state index in [0.717, 1.165) is 17.9 Å². The highest BCUT2D eigenvalue weighted by Crippen LogP contribution is 2.42. The second-order valence-electron chi connectivity index (χ2n) is 8.40. The van der Waals surface area contributed by atoms with E-state index in [1.165, 1.54) is 13.0 Å². The quantitative estimate of drug-likeness (QED) is 0.437. The van der Waals surface area contributed by atoms with Gasteiger partial charge in [0, 0.05) is 25.7 Å². The monoisotopic (exact) mass is 512 g/mol. The molecular formula is C23H21F9N2O. The molecule has 1 amide bonds. The molecule has 3 rings (SSSR count). The first-order chi connectivity index (χ1) is 16.0. The van der Waals surface area contributed by atoms with Gasteiger partial charge in [0.1, 0.15) is 0 Å². The molecule has 1 aliphatic heterocycles. The molecule has 0 radical (unpaired) electrons. The van der Waals surface area contributed by atoms with Crippen LogP contribution in [0.15, 0.2) is 30.3 Å². The highest BCUT2D eigenvalue weighted by molar-refractivity contribution is 5.74. The summed E-state index contributed by atoms with van der Waals surface area (Å²) in [6.07, 6.45) is -14.1. The molecule has 0 fully saturated rings. The first kappa shape index (κ1) is 26.7. The van der Waals surface area contributed by atoms with Crippen molar-refractivity contribution in [1.29, 1.82) is 0 Å². The van der Waals surface area contributed by atoms with Gasteiger partial charge < -0.3 is 10.2 Å². The number of hydrogen-bond donors (Lipinski definition) is 1. The average Bonchev–Trinajstić information content (AvgIpc) is 2.91. The van der Waals surface area contributed by atoms with E-state index in [2.05, 4.69) is 5.32 Å². The smallest absolute Gasteiger partial charge is 0.385 e. The maximum Gasteiger partial charge on any atom is 0.416 e. The molecule has 0 bridgehead atoms. The molecule has 2 aromatic carbocycles. The van der Waals surface area contributed by atoms with Gasteiger partial charge in [-0.1, -0.05) is 6.07 Å². The Morgan fingerprint density at radius 1 is 0.914 bits per heavy atom. The summed E-state index contributed by atoms with van der Waals surface area (Å²) in [4.78, 5) is 13.6. The van der Waals surface area contributed by atoms with Crippen LogP contribution in [-0.2, 0) is 29.9 Å². The lowest BCUT2D eigenvalue weighted by Gasteiger charge is -2.32. The molecule has 1 aliphatic rings. The molecule has 0 spiro atoms. The number of anilines is 1. The molecule has 1 heterocycles. The number of aryl methyl sites for hydroxylation is 1. The van der Waals surface area contributed by atoms with Gasteiger partial charge in [0.15, 0.2) is 0 Å². The third-order valence-corrected chi connectivity index (χ3v) is 5.81. The van der Waals surface area contributed by atoms with Gasteiger partial charge in [-0.2, -0.15) is 39.5 Å². The summed E-state index contributed by atoms with van der Waals surface area (Å²) >= 11 is 0. The Morgan fingerprint density at radius 2 is 1.49 bits per heavy atom. The number of carbonyl (C=O) groups is 1. The van der Waals surface area contributed by atoms with Crippen molar-refractivity contribution in [3.8, 4) is 0 Å². The second-order valence-corrected chi connectivity index (χ2v) is 8.40. The fourth-order valence-corrected chi connectivity index (χ4v) is 4.21. The van der Waals surface area contributed by atoms with Crippen LogP contribution in [-0.4, -0.2) is 17.4 Å². The molecule has 2 aromatic rings. The number of nitrogens with zero attached hydrogens (tertiary/aromatic N) is 1. The summed E-state index contributed by atoms with van der Waals surface area (Å²) in [5, 5.41) is 2.88. The summed E-state index contributed by atoms with van der Waals surface area (Å²) in [6, 6.07) is 2.38. The van der Waals surface area contributed by atoms with Gasteiger partial charge in [0.05, 0.1) is 22.7 Å². The standard InChI is InChI=1S/C23H21F9N2O/c1-12-6-17-19(10-18(12)23(30,31)32)33-5-3-4-20(17)34(13(2)35)11-14-7-15(21(24,25)26)9-16(8-14)22(27,28)29/h6-10,20,33H,3-5,11H2,1-2H3. The number of nitrogens with one attached hydrogen (secondary N) is 1. The second kappa shape index (κ2) is 9.27. The Morgan fingerprint density at radius 3 is 1.97 bits per heavy atom. The topological polar surface area (TPSA) is 32.3 Å². The highest BCUT2D eigenvalue weighted by atomic mass is 19.4. The van der Waals surface area contributed by atoms with Gasteiger partial charge in [-0.25, -0.2) is 0 Å². The lowest BCUT2D eigenvalue weighted by atomic mass is 9.94. The van der Waals surface area contributed by atoms with Crippen molar-refractivity contribution in [2.45, 2.75) is 57.8 Å². The van der Waals surface area contributed by atoms with Gasteiger partial charge in [0.2, 0.25) is 5.91 Å². The van der Waals surface area contributed by atoms with Gasteiger partial charge >= 0.3 is 18.5 Å². The van der Waals surface area contributed by atoms with Crippen LogP contribution in [0.1, 0.15) is 59.2 Å². The number of alkyl halides is 9. The van der Waals surface area contributed by atoms with Gasteiger partial charge in [-0.05, 0) is 60.7 Å². The summed E-state index contributed by atoms with van der Waals surface area (Å²) in [7, 11) is 0. The van der Waals surface area contributed by atoms with E-state index in [9.17, 15) is 44.3 Å². The van der Waals surface area contributed by atoms with Crippen molar-refractivity contribution in [3.63, 3.8) is 0 Å². The number of carbonyl (C=O) groups excluding carboxylic acids is 1. The molecule has 0 aliphatic carbocycles. The average molecular weight is 512 g/mol. The molecule has 0 saturated carbocycles. The fraction of sp³-hybridized carbons (Fsp3) is 0.435. The number of benzene rings is 2. The van der Waals surface area contributed by atoms with E-state index in [0.29, 0.717) is 24.1 Å². The number of halogens is 9. The molecular weight excluding hydrogens is 491 g/mol.